The number of phenols is 1. The molecule has 0 amide bonds. The molecule has 0 saturated carbocycles. The molecule has 0 saturated heterocycles. The van der Waals surface area contributed by atoms with E-state index in [-0.39, 0.29) is 17.7 Å². The smallest absolute Gasteiger partial charge is 0.125 e. The molecule has 1 aromatic rings. The first-order valence-electron chi connectivity index (χ1n) is 5.18. The first-order chi connectivity index (χ1) is 7.27. The van der Waals surface area contributed by atoms with Crippen molar-refractivity contribution >= 4 is 11.6 Å². The Kier molecular flexibility index (Phi) is 3.84. The highest BCUT2D eigenvalue weighted by atomic mass is 35.5. The van der Waals surface area contributed by atoms with Crippen molar-refractivity contribution in [2.24, 2.45) is 5.73 Å². The molecule has 0 heterocycles. The van der Waals surface area contributed by atoms with E-state index in [1.165, 1.54) is 0 Å². The summed E-state index contributed by atoms with van der Waals surface area (Å²) < 4.78 is 0. The van der Waals surface area contributed by atoms with Crippen LogP contribution in [0.5, 0.6) is 5.75 Å². The van der Waals surface area contributed by atoms with Crippen LogP contribution in [-0.4, -0.2) is 16.8 Å². The van der Waals surface area contributed by atoms with Crippen molar-refractivity contribution in [3.63, 3.8) is 0 Å². The monoisotopic (exact) mass is 243 g/mol. The quantitative estimate of drug-likeness (QED) is 0.747. The van der Waals surface area contributed by atoms with E-state index in [0.29, 0.717) is 16.1 Å². The number of benzene rings is 1. The van der Waals surface area contributed by atoms with Gasteiger partial charge in [-0.05, 0) is 17.5 Å². The summed E-state index contributed by atoms with van der Waals surface area (Å²) in [5, 5.41) is 20.2. The predicted octanol–water partition coefficient (Wildman–Crippen LogP) is 2.34. The van der Waals surface area contributed by atoms with Crippen LogP contribution >= 0.6 is 11.6 Å². The van der Waals surface area contributed by atoms with Gasteiger partial charge in [0.1, 0.15) is 5.75 Å². The molecule has 1 rings (SSSR count). The van der Waals surface area contributed by atoms with Crippen molar-refractivity contribution in [3.05, 3.63) is 28.3 Å². The summed E-state index contributed by atoms with van der Waals surface area (Å²) in [7, 11) is 0. The lowest BCUT2D eigenvalue weighted by Gasteiger charge is -2.23. The summed E-state index contributed by atoms with van der Waals surface area (Å²) in [6, 6.07) is 3.26. The van der Waals surface area contributed by atoms with Gasteiger partial charge in [-0.3, -0.25) is 0 Å². The second-order valence-corrected chi connectivity index (χ2v) is 5.33. The van der Waals surface area contributed by atoms with E-state index in [4.69, 9.17) is 17.3 Å². The lowest BCUT2D eigenvalue weighted by Crippen LogP contribution is -2.16. The van der Waals surface area contributed by atoms with Gasteiger partial charge >= 0.3 is 0 Å². The molecule has 0 aliphatic heterocycles. The number of nitrogens with two attached hydrogens (primary N) is 1. The third-order valence-corrected chi connectivity index (χ3v) is 2.71. The second-order valence-electron chi connectivity index (χ2n) is 4.89. The van der Waals surface area contributed by atoms with Gasteiger partial charge in [-0.1, -0.05) is 32.4 Å². The summed E-state index contributed by atoms with van der Waals surface area (Å²) in [6.45, 7) is 5.96. The van der Waals surface area contributed by atoms with Gasteiger partial charge in [-0.25, -0.2) is 0 Å². The normalized spacial score (nSPS) is 13.9. The topological polar surface area (TPSA) is 66.5 Å². The summed E-state index contributed by atoms with van der Waals surface area (Å²) in [5.74, 6) is 0.0786. The summed E-state index contributed by atoms with van der Waals surface area (Å²) in [5.41, 5.74) is 6.24. The summed E-state index contributed by atoms with van der Waals surface area (Å²) >= 11 is 5.97. The maximum atomic E-state index is 10.1. The Bertz CT molecular complexity index is 385. The molecule has 90 valence electrons. The van der Waals surface area contributed by atoms with Gasteiger partial charge in [-0.2, -0.15) is 0 Å². The van der Waals surface area contributed by atoms with Gasteiger partial charge in [0, 0.05) is 22.7 Å². The summed E-state index contributed by atoms with van der Waals surface area (Å²) in [4.78, 5) is 0. The Morgan fingerprint density at radius 1 is 1.38 bits per heavy atom. The molecule has 16 heavy (non-hydrogen) atoms. The molecule has 0 aliphatic carbocycles. The number of aliphatic hydroxyl groups excluding tert-OH is 1. The van der Waals surface area contributed by atoms with Crippen LogP contribution in [-0.2, 0) is 5.41 Å². The van der Waals surface area contributed by atoms with Crippen molar-refractivity contribution in [1.82, 2.24) is 0 Å². The molecule has 0 radical (unpaired) electrons. The maximum Gasteiger partial charge on any atom is 0.125 e. The lowest BCUT2D eigenvalue weighted by molar-refractivity contribution is 0.182. The molecule has 3 nitrogen and oxygen atoms in total. The van der Waals surface area contributed by atoms with Gasteiger partial charge in [0.05, 0.1) is 6.10 Å². The van der Waals surface area contributed by atoms with Crippen LogP contribution in [0.15, 0.2) is 12.1 Å². The van der Waals surface area contributed by atoms with Crippen molar-refractivity contribution in [2.45, 2.75) is 32.3 Å². The maximum absolute atomic E-state index is 10.1. The first kappa shape index (κ1) is 13.3. The lowest BCUT2D eigenvalue weighted by atomic mass is 9.84. The molecular weight excluding hydrogens is 226 g/mol. The standard InChI is InChI=1S/C12H18ClNO2/c1-12(2,3)9-5-7(13)4-8(11(9)16)10(15)6-14/h4-5,10,15-16H,6,14H2,1-3H3. The molecule has 0 bridgehead atoms. The predicted molar refractivity (Wildman–Crippen MR) is 65.8 cm³/mol. The van der Waals surface area contributed by atoms with Crippen LogP contribution in [0, 0.1) is 0 Å². The molecule has 0 spiro atoms. The van der Waals surface area contributed by atoms with Gasteiger partial charge < -0.3 is 15.9 Å². The molecule has 1 unspecified atom stereocenters. The fraction of sp³-hybridized carbons (Fsp3) is 0.500. The Labute approximate surface area is 101 Å². The Balaban J connectivity index is 3.38. The molecule has 0 aromatic heterocycles. The third kappa shape index (κ3) is 2.67. The number of phenolic OH excluding ortho intramolecular Hbond substituents is 1. The van der Waals surface area contributed by atoms with Gasteiger partial charge in [0.15, 0.2) is 0 Å². The molecular formula is C12H18ClNO2. The van der Waals surface area contributed by atoms with Gasteiger partial charge in [-0.15, -0.1) is 0 Å². The van der Waals surface area contributed by atoms with E-state index in [9.17, 15) is 10.2 Å². The van der Waals surface area contributed by atoms with E-state index in [1.807, 2.05) is 20.8 Å². The van der Waals surface area contributed by atoms with Crippen LogP contribution in [0.1, 0.15) is 38.0 Å². The summed E-state index contributed by atoms with van der Waals surface area (Å²) in [6.07, 6.45) is -0.889. The number of halogens is 1. The highest BCUT2D eigenvalue weighted by Crippen LogP contribution is 2.38. The van der Waals surface area contributed by atoms with Crippen LogP contribution in [0.4, 0.5) is 0 Å². The highest BCUT2D eigenvalue weighted by Gasteiger charge is 2.23. The van der Waals surface area contributed by atoms with E-state index >= 15 is 0 Å². The zero-order valence-corrected chi connectivity index (χ0v) is 10.5. The minimum absolute atomic E-state index is 0.0531. The highest BCUT2D eigenvalue weighted by molar-refractivity contribution is 6.30. The minimum Gasteiger partial charge on any atom is -0.507 e. The van der Waals surface area contributed by atoms with E-state index in [1.54, 1.807) is 12.1 Å². The number of aromatic hydroxyl groups is 1. The van der Waals surface area contributed by atoms with Gasteiger partial charge in [0.2, 0.25) is 0 Å². The SMILES string of the molecule is CC(C)(C)c1cc(Cl)cc(C(O)CN)c1O. The van der Waals surface area contributed by atoms with E-state index < -0.39 is 6.10 Å². The number of hydrogen-bond donors (Lipinski definition) is 3. The molecule has 1 aromatic carbocycles. The van der Waals surface area contributed by atoms with Crippen molar-refractivity contribution in [2.75, 3.05) is 6.54 Å². The largest absolute Gasteiger partial charge is 0.507 e. The number of hydrogen-bond acceptors (Lipinski definition) is 3. The Hall–Kier alpha value is -0.770. The number of rotatable bonds is 2. The van der Waals surface area contributed by atoms with Crippen molar-refractivity contribution < 1.29 is 10.2 Å². The zero-order valence-electron chi connectivity index (χ0n) is 9.79. The molecule has 0 aliphatic rings. The van der Waals surface area contributed by atoms with Gasteiger partial charge in [0.25, 0.3) is 0 Å². The fourth-order valence-corrected chi connectivity index (χ4v) is 1.80. The minimum atomic E-state index is -0.889. The first-order valence-corrected chi connectivity index (χ1v) is 5.56. The average Bonchev–Trinajstić information content (AvgIpc) is 2.18. The van der Waals surface area contributed by atoms with Crippen LogP contribution in [0.2, 0.25) is 5.02 Å². The Morgan fingerprint density at radius 2 is 1.94 bits per heavy atom. The van der Waals surface area contributed by atoms with E-state index in [0.717, 1.165) is 0 Å². The zero-order chi connectivity index (χ0) is 12.5. The van der Waals surface area contributed by atoms with Crippen LogP contribution in [0.3, 0.4) is 0 Å². The fourth-order valence-electron chi connectivity index (χ4n) is 1.57. The average molecular weight is 244 g/mol. The van der Waals surface area contributed by atoms with Crippen molar-refractivity contribution in [3.8, 4) is 5.75 Å². The molecule has 4 N–H and O–H groups in total. The number of aliphatic hydroxyl groups is 1. The van der Waals surface area contributed by atoms with Crippen LogP contribution < -0.4 is 5.73 Å². The van der Waals surface area contributed by atoms with E-state index in [2.05, 4.69) is 0 Å². The molecule has 1 atom stereocenters. The second kappa shape index (κ2) is 4.62. The third-order valence-electron chi connectivity index (χ3n) is 2.49. The molecule has 4 heteroatoms. The van der Waals surface area contributed by atoms with Crippen molar-refractivity contribution in [1.29, 1.82) is 0 Å². The molecule has 0 fully saturated rings. The Morgan fingerprint density at radius 3 is 2.38 bits per heavy atom. The van der Waals surface area contributed by atoms with Crippen LogP contribution in [0.25, 0.3) is 0 Å².